The van der Waals surface area contributed by atoms with E-state index in [1.807, 2.05) is 6.92 Å². The molecule has 20 heavy (non-hydrogen) atoms. The minimum atomic E-state index is -0.977. The molecule has 2 aliphatic rings. The van der Waals surface area contributed by atoms with Gasteiger partial charge in [-0.2, -0.15) is 0 Å². The van der Waals surface area contributed by atoms with Crippen molar-refractivity contribution in [3.63, 3.8) is 0 Å². The van der Waals surface area contributed by atoms with E-state index in [0.717, 1.165) is 19.4 Å². The Bertz CT molecular complexity index is 399. The predicted molar refractivity (Wildman–Crippen MR) is 76.5 cm³/mol. The molecule has 114 valence electrons. The highest BCUT2D eigenvalue weighted by Crippen LogP contribution is 2.39. The summed E-state index contributed by atoms with van der Waals surface area (Å²) in [6.07, 6.45) is 3.86. The number of amides is 2. The van der Waals surface area contributed by atoms with Gasteiger partial charge in [0.25, 0.3) is 0 Å². The Hall–Kier alpha value is -1.26. The molecule has 2 amide bonds. The number of rotatable bonds is 5. The van der Waals surface area contributed by atoms with Gasteiger partial charge in [0, 0.05) is 20.1 Å². The zero-order chi connectivity index (χ0) is 14.9. The summed E-state index contributed by atoms with van der Waals surface area (Å²) in [6.45, 7) is 5.48. The number of aliphatic carboxylic acids is 1. The minimum Gasteiger partial charge on any atom is -0.479 e. The van der Waals surface area contributed by atoms with Gasteiger partial charge >= 0.3 is 12.0 Å². The Morgan fingerprint density at radius 3 is 2.60 bits per heavy atom. The summed E-state index contributed by atoms with van der Waals surface area (Å²) in [4.78, 5) is 27.6. The molecule has 0 spiro atoms. The van der Waals surface area contributed by atoms with Gasteiger partial charge < -0.3 is 14.9 Å². The fourth-order valence-electron chi connectivity index (χ4n) is 3.45. The molecule has 0 aromatic heterocycles. The summed E-state index contributed by atoms with van der Waals surface area (Å²) < 4.78 is 0. The Labute approximate surface area is 120 Å². The number of likely N-dealkylation sites (tertiary alicyclic amines) is 1. The average molecular weight is 282 g/mol. The highest BCUT2D eigenvalue weighted by molar-refractivity contribution is 5.87. The molecule has 1 saturated carbocycles. The van der Waals surface area contributed by atoms with Crippen molar-refractivity contribution in [2.75, 3.05) is 20.1 Å². The summed E-state index contributed by atoms with van der Waals surface area (Å²) in [5.41, 5.74) is -0.977. The molecule has 3 unspecified atom stereocenters. The van der Waals surface area contributed by atoms with E-state index in [0.29, 0.717) is 31.2 Å². The highest BCUT2D eigenvalue weighted by atomic mass is 16.4. The Kier molecular flexibility index (Phi) is 4.25. The number of carbonyl (C=O) groups excluding carboxylic acids is 1. The van der Waals surface area contributed by atoms with E-state index in [2.05, 4.69) is 6.92 Å². The van der Waals surface area contributed by atoms with Gasteiger partial charge in [0.05, 0.1) is 0 Å². The van der Waals surface area contributed by atoms with Crippen LogP contribution in [0.3, 0.4) is 0 Å². The van der Waals surface area contributed by atoms with Crippen LogP contribution in [0, 0.1) is 11.8 Å². The number of carbonyl (C=O) groups is 2. The number of carboxylic acids is 1. The zero-order valence-corrected chi connectivity index (χ0v) is 12.8. The van der Waals surface area contributed by atoms with Crippen molar-refractivity contribution in [3.8, 4) is 0 Å². The summed E-state index contributed by atoms with van der Waals surface area (Å²) in [5.74, 6) is 0.444. The van der Waals surface area contributed by atoms with Crippen molar-refractivity contribution < 1.29 is 14.7 Å². The van der Waals surface area contributed by atoms with Crippen LogP contribution in [0.15, 0.2) is 0 Å². The van der Waals surface area contributed by atoms with E-state index in [1.54, 1.807) is 16.8 Å². The number of hydrogen-bond acceptors (Lipinski definition) is 2. The van der Waals surface area contributed by atoms with Gasteiger partial charge in [-0.1, -0.05) is 20.3 Å². The smallest absolute Gasteiger partial charge is 0.329 e. The predicted octanol–water partition coefficient (Wildman–Crippen LogP) is 2.41. The third-order valence-electron chi connectivity index (χ3n) is 4.89. The fourth-order valence-corrected chi connectivity index (χ4v) is 3.45. The van der Waals surface area contributed by atoms with Gasteiger partial charge in [-0.3, -0.25) is 0 Å². The van der Waals surface area contributed by atoms with Crippen LogP contribution in [0.5, 0.6) is 0 Å². The lowest BCUT2D eigenvalue weighted by Gasteiger charge is -2.37. The Morgan fingerprint density at radius 1 is 1.45 bits per heavy atom. The first-order valence-corrected chi connectivity index (χ1v) is 7.68. The van der Waals surface area contributed by atoms with Gasteiger partial charge in [-0.15, -0.1) is 0 Å². The van der Waals surface area contributed by atoms with Crippen molar-refractivity contribution in [1.82, 2.24) is 9.80 Å². The number of urea groups is 1. The molecule has 3 atom stereocenters. The van der Waals surface area contributed by atoms with E-state index >= 15 is 0 Å². The van der Waals surface area contributed by atoms with E-state index in [4.69, 9.17) is 0 Å². The van der Waals surface area contributed by atoms with E-state index < -0.39 is 11.5 Å². The molecule has 1 heterocycles. The van der Waals surface area contributed by atoms with Crippen LogP contribution < -0.4 is 0 Å². The molecule has 5 nitrogen and oxygen atoms in total. The number of carboxylic acid groups (broad SMARTS) is 1. The molecule has 5 heteroatoms. The van der Waals surface area contributed by atoms with Gasteiger partial charge in [0.2, 0.25) is 0 Å². The lowest BCUT2D eigenvalue weighted by atomic mass is 9.91. The van der Waals surface area contributed by atoms with Crippen LogP contribution in [0.4, 0.5) is 4.79 Å². The molecule has 1 aliphatic heterocycles. The second-order valence-corrected chi connectivity index (χ2v) is 6.48. The van der Waals surface area contributed by atoms with Crippen molar-refractivity contribution in [1.29, 1.82) is 0 Å². The minimum absolute atomic E-state index is 0.113. The second-order valence-electron chi connectivity index (χ2n) is 6.48. The molecule has 1 saturated heterocycles. The van der Waals surface area contributed by atoms with Crippen molar-refractivity contribution in [2.45, 2.75) is 51.5 Å². The largest absolute Gasteiger partial charge is 0.479 e. The third-order valence-corrected chi connectivity index (χ3v) is 4.89. The van der Waals surface area contributed by atoms with Crippen LogP contribution >= 0.6 is 0 Å². The van der Waals surface area contributed by atoms with Crippen LogP contribution in [-0.2, 0) is 4.79 Å². The first-order chi connectivity index (χ1) is 9.42. The third kappa shape index (κ3) is 2.63. The average Bonchev–Trinajstić information content (AvgIpc) is 2.91. The molecular formula is C15H26N2O3. The van der Waals surface area contributed by atoms with Crippen molar-refractivity contribution >= 4 is 12.0 Å². The molecule has 2 fully saturated rings. The molecular weight excluding hydrogens is 256 g/mol. The standard InChI is InChI=1S/C15H26N2O3/c1-4-6-15(13(18)19)7-5-8-17(15)14(20)16(3)10-12-9-11(12)2/h11-12H,4-10H2,1-3H3,(H,18,19). The normalized spacial score (nSPS) is 32.2. The summed E-state index contributed by atoms with van der Waals surface area (Å²) in [6, 6.07) is -0.113. The number of hydrogen-bond donors (Lipinski definition) is 1. The van der Waals surface area contributed by atoms with Gasteiger partial charge in [-0.25, -0.2) is 9.59 Å². The number of nitrogens with zero attached hydrogens (tertiary/aromatic N) is 2. The molecule has 0 bridgehead atoms. The molecule has 0 aromatic carbocycles. The van der Waals surface area contributed by atoms with Gasteiger partial charge in [-0.05, 0) is 37.5 Å². The molecule has 2 rings (SSSR count). The summed E-state index contributed by atoms with van der Waals surface area (Å²) in [5, 5.41) is 9.62. The van der Waals surface area contributed by atoms with Gasteiger partial charge in [0.1, 0.15) is 5.54 Å². The summed E-state index contributed by atoms with van der Waals surface area (Å²) >= 11 is 0. The van der Waals surface area contributed by atoms with Gasteiger partial charge in [0.15, 0.2) is 0 Å². The van der Waals surface area contributed by atoms with E-state index in [1.165, 1.54) is 6.42 Å². The van der Waals surface area contributed by atoms with Crippen molar-refractivity contribution in [3.05, 3.63) is 0 Å². The molecule has 1 N–H and O–H groups in total. The Balaban J connectivity index is 2.08. The van der Waals surface area contributed by atoms with Crippen LogP contribution in [-0.4, -0.2) is 52.6 Å². The maximum absolute atomic E-state index is 12.6. The maximum Gasteiger partial charge on any atom is 0.329 e. The monoisotopic (exact) mass is 282 g/mol. The molecule has 0 radical (unpaired) electrons. The Morgan fingerprint density at radius 2 is 2.10 bits per heavy atom. The van der Waals surface area contributed by atoms with Crippen LogP contribution in [0.1, 0.15) is 46.0 Å². The first-order valence-electron chi connectivity index (χ1n) is 7.68. The molecule has 1 aliphatic carbocycles. The topological polar surface area (TPSA) is 60.9 Å². The lowest BCUT2D eigenvalue weighted by molar-refractivity contribution is -0.148. The molecule has 0 aromatic rings. The SMILES string of the molecule is CCCC1(C(=O)O)CCCN1C(=O)N(C)CC1CC1C. The van der Waals surface area contributed by atoms with E-state index in [9.17, 15) is 14.7 Å². The van der Waals surface area contributed by atoms with Crippen molar-refractivity contribution in [2.24, 2.45) is 11.8 Å². The van der Waals surface area contributed by atoms with Crippen LogP contribution in [0.25, 0.3) is 0 Å². The summed E-state index contributed by atoms with van der Waals surface area (Å²) in [7, 11) is 1.80. The fraction of sp³-hybridized carbons (Fsp3) is 0.867. The maximum atomic E-state index is 12.6. The zero-order valence-electron chi connectivity index (χ0n) is 12.8. The second kappa shape index (κ2) is 5.62. The highest BCUT2D eigenvalue weighted by Gasteiger charge is 2.50. The first kappa shape index (κ1) is 15.1. The lowest BCUT2D eigenvalue weighted by Crippen LogP contribution is -2.56. The van der Waals surface area contributed by atoms with Crippen LogP contribution in [0.2, 0.25) is 0 Å². The quantitative estimate of drug-likeness (QED) is 0.842. The van der Waals surface area contributed by atoms with E-state index in [-0.39, 0.29) is 6.03 Å².